The van der Waals surface area contributed by atoms with E-state index in [1.165, 1.54) is 0 Å². The van der Waals surface area contributed by atoms with Crippen LogP contribution in [0.25, 0.3) is 0 Å². The van der Waals surface area contributed by atoms with Gasteiger partial charge in [0.1, 0.15) is 11.4 Å². The molecule has 0 bridgehead atoms. The number of nitriles is 1. The predicted octanol–water partition coefficient (Wildman–Crippen LogP) is 1.08. The van der Waals surface area contributed by atoms with Gasteiger partial charge >= 0.3 is 0 Å². The predicted molar refractivity (Wildman–Crippen MR) is 56.9 cm³/mol. The Kier molecular flexibility index (Phi) is 2.49. The molecule has 2 rings (SSSR count). The third kappa shape index (κ3) is 1.88. The Morgan fingerprint density at radius 1 is 1.73 bits per heavy atom. The smallest absolute Gasteiger partial charge is 0.125 e. The summed E-state index contributed by atoms with van der Waals surface area (Å²) in [6.07, 6.45) is 6.71. The highest BCUT2D eigenvalue weighted by molar-refractivity contribution is 5.14. The topological polar surface area (TPSA) is 67.6 Å². The Bertz CT molecular complexity index is 386. The third-order valence-electron chi connectivity index (χ3n) is 3.06. The first-order valence-corrected chi connectivity index (χ1v) is 5.39. The van der Waals surface area contributed by atoms with Gasteiger partial charge in [0.05, 0.1) is 12.6 Å². The Balaban J connectivity index is 2.16. The lowest BCUT2D eigenvalue weighted by Gasteiger charge is -2.22. The fourth-order valence-corrected chi connectivity index (χ4v) is 1.93. The maximum atomic E-state index is 9.15. The van der Waals surface area contributed by atoms with Gasteiger partial charge in [-0.2, -0.15) is 5.26 Å². The van der Waals surface area contributed by atoms with Crippen LogP contribution < -0.4 is 5.73 Å². The molecular weight excluding hydrogens is 188 g/mol. The van der Waals surface area contributed by atoms with E-state index in [2.05, 4.69) is 18.0 Å². The van der Waals surface area contributed by atoms with Gasteiger partial charge in [-0.3, -0.25) is 0 Å². The number of nitrogens with two attached hydrogens (primary N) is 1. The van der Waals surface area contributed by atoms with Crippen molar-refractivity contribution in [2.75, 3.05) is 0 Å². The highest BCUT2D eigenvalue weighted by atomic mass is 15.1. The van der Waals surface area contributed by atoms with Crippen LogP contribution in [0.3, 0.4) is 0 Å². The summed E-state index contributed by atoms with van der Waals surface area (Å²) in [7, 11) is 0. The zero-order valence-electron chi connectivity index (χ0n) is 8.98. The van der Waals surface area contributed by atoms with Crippen LogP contribution in [-0.2, 0) is 13.0 Å². The minimum Gasteiger partial charge on any atom is -0.332 e. The first kappa shape index (κ1) is 10.2. The molecule has 4 nitrogen and oxygen atoms in total. The molecule has 1 atom stereocenters. The maximum Gasteiger partial charge on any atom is 0.125 e. The van der Waals surface area contributed by atoms with Crippen LogP contribution in [-0.4, -0.2) is 15.1 Å². The van der Waals surface area contributed by atoms with Crippen LogP contribution in [0.5, 0.6) is 0 Å². The molecule has 2 N–H and O–H groups in total. The molecule has 1 unspecified atom stereocenters. The van der Waals surface area contributed by atoms with E-state index in [1.54, 1.807) is 6.20 Å². The molecule has 0 saturated heterocycles. The summed E-state index contributed by atoms with van der Waals surface area (Å²) in [5.41, 5.74) is 5.40. The SMILES string of the molecule is CCc1nccn1CC(N)(C#N)C1CC1. The van der Waals surface area contributed by atoms with Gasteiger partial charge in [0.2, 0.25) is 0 Å². The lowest BCUT2D eigenvalue weighted by atomic mass is 9.96. The molecule has 1 aromatic heterocycles. The molecule has 0 radical (unpaired) electrons. The number of hydrogen-bond acceptors (Lipinski definition) is 3. The first-order chi connectivity index (χ1) is 7.19. The molecule has 1 aliphatic carbocycles. The molecule has 1 aromatic rings. The minimum absolute atomic E-state index is 0.370. The first-order valence-electron chi connectivity index (χ1n) is 5.39. The number of aryl methyl sites for hydroxylation is 1. The molecule has 15 heavy (non-hydrogen) atoms. The quantitative estimate of drug-likeness (QED) is 0.797. The molecule has 80 valence electrons. The van der Waals surface area contributed by atoms with Crippen molar-refractivity contribution in [2.24, 2.45) is 11.7 Å². The summed E-state index contributed by atoms with van der Waals surface area (Å²) < 4.78 is 2.00. The summed E-state index contributed by atoms with van der Waals surface area (Å²) >= 11 is 0. The number of imidazole rings is 1. The van der Waals surface area contributed by atoms with Crippen LogP contribution in [0.15, 0.2) is 12.4 Å². The number of nitrogens with zero attached hydrogens (tertiary/aromatic N) is 3. The molecule has 1 saturated carbocycles. The van der Waals surface area contributed by atoms with Gasteiger partial charge in [-0.25, -0.2) is 4.98 Å². The minimum atomic E-state index is -0.704. The molecule has 0 spiro atoms. The van der Waals surface area contributed by atoms with Gasteiger partial charge in [0.25, 0.3) is 0 Å². The zero-order valence-corrected chi connectivity index (χ0v) is 8.98. The fraction of sp³-hybridized carbons (Fsp3) is 0.636. The van der Waals surface area contributed by atoms with Crippen molar-refractivity contribution < 1.29 is 0 Å². The van der Waals surface area contributed by atoms with Gasteiger partial charge in [0, 0.05) is 18.8 Å². The Labute approximate surface area is 89.7 Å². The highest BCUT2D eigenvalue weighted by Crippen LogP contribution is 2.38. The fourth-order valence-electron chi connectivity index (χ4n) is 1.93. The van der Waals surface area contributed by atoms with Crippen LogP contribution >= 0.6 is 0 Å². The monoisotopic (exact) mass is 204 g/mol. The second kappa shape index (κ2) is 3.67. The van der Waals surface area contributed by atoms with Gasteiger partial charge < -0.3 is 10.3 Å². The molecule has 1 heterocycles. The lowest BCUT2D eigenvalue weighted by molar-refractivity contribution is 0.399. The average molecular weight is 204 g/mol. The van der Waals surface area contributed by atoms with E-state index < -0.39 is 5.54 Å². The molecule has 4 heteroatoms. The van der Waals surface area contributed by atoms with Crippen molar-refractivity contribution >= 4 is 0 Å². The number of hydrogen-bond donors (Lipinski definition) is 1. The summed E-state index contributed by atoms with van der Waals surface area (Å²) in [6, 6.07) is 2.26. The maximum absolute atomic E-state index is 9.15. The summed E-state index contributed by atoms with van der Waals surface area (Å²) in [6.45, 7) is 2.62. The van der Waals surface area contributed by atoms with E-state index in [4.69, 9.17) is 11.0 Å². The molecule has 0 aromatic carbocycles. The lowest BCUT2D eigenvalue weighted by Crippen LogP contribution is -2.45. The van der Waals surface area contributed by atoms with Crippen molar-refractivity contribution in [1.29, 1.82) is 5.26 Å². The largest absolute Gasteiger partial charge is 0.332 e. The van der Waals surface area contributed by atoms with Crippen LogP contribution in [0.2, 0.25) is 0 Å². The van der Waals surface area contributed by atoms with Crippen molar-refractivity contribution in [3.63, 3.8) is 0 Å². The second-order valence-corrected chi connectivity index (χ2v) is 4.25. The zero-order chi connectivity index (χ0) is 10.9. The molecular formula is C11H16N4. The Morgan fingerprint density at radius 3 is 3.00 bits per heavy atom. The summed E-state index contributed by atoms with van der Waals surface area (Å²) in [5.74, 6) is 1.37. The number of aromatic nitrogens is 2. The molecule has 0 aliphatic heterocycles. The van der Waals surface area contributed by atoms with Crippen molar-refractivity contribution in [2.45, 2.75) is 38.3 Å². The van der Waals surface area contributed by atoms with Crippen LogP contribution in [0, 0.1) is 17.2 Å². The number of rotatable bonds is 4. The van der Waals surface area contributed by atoms with Crippen molar-refractivity contribution in [3.05, 3.63) is 18.2 Å². The summed E-state index contributed by atoms with van der Waals surface area (Å²) in [5, 5.41) is 9.15. The molecule has 1 fully saturated rings. The van der Waals surface area contributed by atoms with E-state index in [-0.39, 0.29) is 0 Å². The van der Waals surface area contributed by atoms with E-state index in [0.29, 0.717) is 12.5 Å². The van der Waals surface area contributed by atoms with Gasteiger partial charge in [-0.1, -0.05) is 6.92 Å². The third-order valence-corrected chi connectivity index (χ3v) is 3.06. The average Bonchev–Trinajstić information content (AvgIpc) is 3.01. The molecule has 0 amide bonds. The summed E-state index contributed by atoms with van der Waals surface area (Å²) in [4.78, 5) is 4.23. The Hall–Kier alpha value is -1.34. The van der Waals surface area contributed by atoms with Crippen LogP contribution in [0.1, 0.15) is 25.6 Å². The van der Waals surface area contributed by atoms with Gasteiger partial charge in [0.15, 0.2) is 0 Å². The van der Waals surface area contributed by atoms with E-state index in [1.807, 2.05) is 10.8 Å². The van der Waals surface area contributed by atoms with E-state index in [0.717, 1.165) is 25.1 Å². The van der Waals surface area contributed by atoms with E-state index >= 15 is 0 Å². The van der Waals surface area contributed by atoms with Crippen molar-refractivity contribution in [3.8, 4) is 6.07 Å². The van der Waals surface area contributed by atoms with Crippen LogP contribution in [0.4, 0.5) is 0 Å². The molecule has 1 aliphatic rings. The standard InChI is InChI=1S/C11H16N4/c1-2-10-14-5-6-15(10)8-11(13,7-12)9-3-4-9/h5-6,9H,2-4,8,13H2,1H3. The van der Waals surface area contributed by atoms with Crippen molar-refractivity contribution in [1.82, 2.24) is 9.55 Å². The normalized spacial score (nSPS) is 19.5. The second-order valence-electron chi connectivity index (χ2n) is 4.25. The highest BCUT2D eigenvalue weighted by Gasteiger charge is 2.43. The Morgan fingerprint density at radius 2 is 2.47 bits per heavy atom. The van der Waals surface area contributed by atoms with Gasteiger partial charge in [-0.15, -0.1) is 0 Å². The van der Waals surface area contributed by atoms with E-state index in [9.17, 15) is 0 Å². The van der Waals surface area contributed by atoms with Gasteiger partial charge in [-0.05, 0) is 18.8 Å².